The first-order chi connectivity index (χ1) is 18.0. The van der Waals surface area contributed by atoms with Gasteiger partial charge in [0.15, 0.2) is 11.6 Å². The van der Waals surface area contributed by atoms with Crippen molar-refractivity contribution in [1.82, 2.24) is 9.97 Å². The van der Waals surface area contributed by atoms with Gasteiger partial charge in [-0.15, -0.1) is 0 Å². The molecular weight excluding hydrogens is 506 g/mol. The third kappa shape index (κ3) is 5.38. The molecule has 204 valence electrons. The van der Waals surface area contributed by atoms with Crippen molar-refractivity contribution < 1.29 is 27.4 Å². The first kappa shape index (κ1) is 27.2. The summed E-state index contributed by atoms with van der Waals surface area (Å²) in [5.74, 6) is -1.63. The monoisotopic (exact) mass is 535 g/mol. The van der Waals surface area contributed by atoms with Crippen molar-refractivity contribution in [3.8, 4) is 17.0 Å². The number of rotatable bonds is 8. The second kappa shape index (κ2) is 10.9. The summed E-state index contributed by atoms with van der Waals surface area (Å²) >= 11 is 0. The van der Waals surface area contributed by atoms with Crippen molar-refractivity contribution in [1.29, 1.82) is 0 Å². The number of anilines is 4. The summed E-state index contributed by atoms with van der Waals surface area (Å²) < 4.78 is 60.7. The van der Waals surface area contributed by atoms with Crippen LogP contribution in [-0.4, -0.2) is 53.3 Å². The standard InChI is InChI=1S/C25H29F4N7O2/c1-38-20-9-15(26)14(8-16(20)27)18-7-13(10-34-17-3-5-33-24(31)21(17)30)19(11-35-18)36-6-2-4-25(32,12-36)22(37)23(28)29/h3,5,7-9,11,22-23,37H,2,4,6,10,12,30,32H2,1H3,(H3,31,33,34)/t22-,25+/m0/s1. The van der Waals surface area contributed by atoms with E-state index in [2.05, 4.69) is 15.3 Å². The zero-order valence-corrected chi connectivity index (χ0v) is 20.6. The van der Waals surface area contributed by atoms with E-state index < -0.39 is 29.7 Å². The summed E-state index contributed by atoms with van der Waals surface area (Å²) in [4.78, 5) is 10.0. The molecule has 8 N–H and O–H groups in total. The van der Waals surface area contributed by atoms with Crippen molar-refractivity contribution in [3.63, 3.8) is 0 Å². The number of ether oxygens (including phenoxy) is 1. The number of piperidine rings is 1. The van der Waals surface area contributed by atoms with Crippen molar-refractivity contribution in [2.24, 2.45) is 5.73 Å². The van der Waals surface area contributed by atoms with Gasteiger partial charge >= 0.3 is 0 Å². The number of nitrogens with one attached hydrogen (secondary N) is 1. The van der Waals surface area contributed by atoms with Crippen LogP contribution < -0.4 is 32.2 Å². The lowest BCUT2D eigenvalue weighted by Gasteiger charge is -2.44. The number of aliphatic hydroxyl groups excluding tert-OH is 1. The maximum Gasteiger partial charge on any atom is 0.265 e. The molecule has 2 atom stereocenters. The van der Waals surface area contributed by atoms with E-state index >= 15 is 0 Å². The van der Waals surface area contributed by atoms with Gasteiger partial charge in [-0.3, -0.25) is 4.98 Å². The van der Waals surface area contributed by atoms with E-state index in [1.807, 2.05) is 0 Å². The van der Waals surface area contributed by atoms with Crippen LogP contribution in [0.25, 0.3) is 11.3 Å². The molecule has 3 aromatic rings. The largest absolute Gasteiger partial charge is 0.494 e. The maximum atomic E-state index is 14.8. The predicted octanol–water partition coefficient (Wildman–Crippen LogP) is 3.13. The Morgan fingerprint density at radius 3 is 2.66 bits per heavy atom. The SMILES string of the molecule is COc1cc(F)c(-c2cc(CNc3ccnc(N)c3N)c(N3CCC[C@](N)([C@@H](O)C(F)F)C3)cn2)cc1F. The highest BCUT2D eigenvalue weighted by molar-refractivity contribution is 5.76. The Morgan fingerprint density at radius 2 is 1.95 bits per heavy atom. The molecular formula is C25H29F4N7O2. The Hall–Kier alpha value is -3.84. The molecule has 1 fully saturated rings. The highest BCUT2D eigenvalue weighted by Gasteiger charge is 2.43. The molecule has 0 aliphatic carbocycles. The quantitative estimate of drug-likeness (QED) is 0.274. The Labute approximate surface area is 216 Å². The number of aliphatic hydroxyl groups is 1. The molecule has 1 aliphatic rings. The number of hydrogen-bond donors (Lipinski definition) is 5. The van der Waals surface area contributed by atoms with Crippen molar-refractivity contribution in [2.75, 3.05) is 41.9 Å². The van der Waals surface area contributed by atoms with Crippen molar-refractivity contribution >= 4 is 22.9 Å². The van der Waals surface area contributed by atoms with E-state index in [0.717, 1.165) is 12.1 Å². The number of hydrogen-bond acceptors (Lipinski definition) is 9. The lowest BCUT2D eigenvalue weighted by molar-refractivity contribution is -0.0529. The highest BCUT2D eigenvalue weighted by atomic mass is 19.3. The predicted molar refractivity (Wildman–Crippen MR) is 137 cm³/mol. The molecule has 4 rings (SSSR count). The van der Waals surface area contributed by atoms with E-state index in [4.69, 9.17) is 21.9 Å². The summed E-state index contributed by atoms with van der Waals surface area (Å²) in [6.07, 6.45) is -1.46. The minimum absolute atomic E-state index is 0.0671. The average Bonchev–Trinajstić information content (AvgIpc) is 2.90. The average molecular weight is 536 g/mol. The van der Waals surface area contributed by atoms with Gasteiger partial charge in [-0.2, -0.15) is 0 Å². The first-order valence-electron chi connectivity index (χ1n) is 11.8. The molecule has 1 aliphatic heterocycles. The molecule has 0 bridgehead atoms. The molecule has 3 heterocycles. The number of halogens is 4. The number of benzene rings is 1. The van der Waals surface area contributed by atoms with Gasteiger partial charge < -0.3 is 37.3 Å². The zero-order chi connectivity index (χ0) is 27.6. The van der Waals surface area contributed by atoms with Gasteiger partial charge in [-0.05, 0) is 36.6 Å². The second-order valence-corrected chi connectivity index (χ2v) is 9.21. The number of alkyl halides is 2. The van der Waals surface area contributed by atoms with Gasteiger partial charge in [0.05, 0.1) is 41.6 Å². The van der Waals surface area contributed by atoms with Crippen LogP contribution in [0.15, 0.2) is 36.7 Å². The minimum atomic E-state index is -3.00. The smallest absolute Gasteiger partial charge is 0.265 e. The molecule has 2 aromatic heterocycles. The third-order valence-electron chi connectivity index (χ3n) is 6.70. The minimum Gasteiger partial charge on any atom is -0.494 e. The molecule has 0 unspecified atom stereocenters. The van der Waals surface area contributed by atoms with E-state index in [1.165, 1.54) is 19.5 Å². The molecule has 1 aromatic carbocycles. The molecule has 38 heavy (non-hydrogen) atoms. The Bertz CT molecular complexity index is 1310. The normalized spacial score (nSPS) is 18.5. The summed E-state index contributed by atoms with van der Waals surface area (Å²) in [5, 5.41) is 13.2. The number of pyridine rings is 2. The Morgan fingerprint density at radius 1 is 1.18 bits per heavy atom. The summed E-state index contributed by atoms with van der Waals surface area (Å²) in [6, 6.07) is 5.10. The van der Waals surface area contributed by atoms with Crippen LogP contribution in [0.2, 0.25) is 0 Å². The number of aromatic nitrogens is 2. The van der Waals surface area contributed by atoms with Crippen LogP contribution in [0.5, 0.6) is 5.75 Å². The topological polar surface area (TPSA) is 149 Å². The van der Waals surface area contributed by atoms with Gasteiger partial charge in [-0.1, -0.05) is 0 Å². The van der Waals surface area contributed by atoms with E-state index in [-0.39, 0.29) is 48.0 Å². The number of methoxy groups -OCH3 is 1. The van der Waals surface area contributed by atoms with E-state index in [0.29, 0.717) is 29.9 Å². The maximum absolute atomic E-state index is 14.8. The molecule has 0 radical (unpaired) electrons. The second-order valence-electron chi connectivity index (χ2n) is 9.21. The van der Waals surface area contributed by atoms with Crippen LogP contribution in [-0.2, 0) is 6.54 Å². The molecule has 0 amide bonds. The summed E-state index contributed by atoms with van der Waals surface area (Å²) in [6.45, 7) is 0.519. The molecule has 1 saturated heterocycles. The Kier molecular flexibility index (Phi) is 7.78. The van der Waals surface area contributed by atoms with Crippen LogP contribution in [0.3, 0.4) is 0 Å². The molecule has 0 spiro atoms. The van der Waals surface area contributed by atoms with E-state index in [9.17, 15) is 22.7 Å². The number of nitrogens with zero attached hydrogens (tertiary/aromatic N) is 3. The molecule has 13 heteroatoms. The van der Waals surface area contributed by atoms with Crippen LogP contribution in [0, 0.1) is 11.6 Å². The van der Waals surface area contributed by atoms with Gasteiger partial charge in [0.1, 0.15) is 17.7 Å². The molecule has 9 nitrogen and oxygen atoms in total. The fraction of sp³-hybridized carbons (Fsp3) is 0.360. The zero-order valence-electron chi connectivity index (χ0n) is 20.6. The number of nitrogen functional groups attached to an aromatic ring is 2. The third-order valence-corrected chi connectivity index (χ3v) is 6.70. The summed E-state index contributed by atoms with van der Waals surface area (Å²) in [7, 11) is 1.23. The highest BCUT2D eigenvalue weighted by Crippen LogP contribution is 2.35. The van der Waals surface area contributed by atoms with Crippen LogP contribution in [0.4, 0.5) is 40.4 Å². The van der Waals surface area contributed by atoms with Gasteiger partial charge in [0, 0.05) is 37.5 Å². The van der Waals surface area contributed by atoms with E-state index in [1.54, 1.807) is 17.0 Å². The van der Waals surface area contributed by atoms with Crippen LogP contribution in [0.1, 0.15) is 18.4 Å². The Balaban J connectivity index is 1.74. The fourth-order valence-electron chi connectivity index (χ4n) is 4.59. The lowest BCUT2D eigenvalue weighted by atomic mass is 9.84. The van der Waals surface area contributed by atoms with Gasteiger partial charge in [0.2, 0.25) is 0 Å². The number of nitrogens with two attached hydrogens (primary N) is 3. The lowest BCUT2D eigenvalue weighted by Crippen LogP contribution is -2.63. The fourth-order valence-corrected chi connectivity index (χ4v) is 4.59. The van der Waals surface area contributed by atoms with Crippen molar-refractivity contribution in [3.05, 3.63) is 53.9 Å². The van der Waals surface area contributed by atoms with Gasteiger partial charge in [-0.25, -0.2) is 22.5 Å². The van der Waals surface area contributed by atoms with Crippen molar-refractivity contribution in [2.45, 2.75) is 37.5 Å². The molecule has 0 saturated carbocycles. The van der Waals surface area contributed by atoms with Gasteiger partial charge in [0.25, 0.3) is 6.43 Å². The summed E-state index contributed by atoms with van der Waals surface area (Å²) in [5.41, 5.74) is 18.3. The first-order valence-corrected chi connectivity index (χ1v) is 11.8. The van der Waals surface area contributed by atoms with Crippen LogP contribution >= 0.6 is 0 Å².